The second-order valence-corrected chi connectivity index (χ2v) is 6.56. The molecule has 2 aromatic heterocycles. The van der Waals surface area contributed by atoms with E-state index >= 15 is 0 Å². The number of aromatic nitrogens is 5. The standard InChI is InChI=1S/C16H18N8/c1-8-12-4-9(2-3-13(12)21-20-8)15-19-16(14(17)22-23-15)24-7-10-5-11(24)6-18-10/h2-4,10-11,18H,5-7H2,1H3,(H2,17,22)(H,20,21). The average Bonchev–Trinajstić information content (AvgIpc) is 3.31. The molecule has 3 aromatic rings. The van der Waals surface area contributed by atoms with Crippen molar-refractivity contribution in [1.29, 1.82) is 0 Å². The number of piperazine rings is 1. The molecular weight excluding hydrogens is 304 g/mol. The van der Waals surface area contributed by atoms with Gasteiger partial charge in [-0.05, 0) is 31.5 Å². The number of anilines is 2. The van der Waals surface area contributed by atoms with E-state index in [1.165, 1.54) is 0 Å². The van der Waals surface area contributed by atoms with Gasteiger partial charge < -0.3 is 16.0 Å². The second-order valence-electron chi connectivity index (χ2n) is 6.56. The Morgan fingerprint density at radius 3 is 3.00 bits per heavy atom. The van der Waals surface area contributed by atoms with Crippen molar-refractivity contribution in [3.8, 4) is 11.4 Å². The van der Waals surface area contributed by atoms with Crippen LogP contribution in [0.1, 0.15) is 12.1 Å². The maximum Gasteiger partial charge on any atom is 0.189 e. The van der Waals surface area contributed by atoms with Crippen LogP contribution >= 0.6 is 0 Å². The monoisotopic (exact) mass is 322 g/mol. The van der Waals surface area contributed by atoms with E-state index in [0.29, 0.717) is 23.7 Å². The minimum absolute atomic E-state index is 0.395. The van der Waals surface area contributed by atoms with Gasteiger partial charge in [-0.1, -0.05) is 0 Å². The van der Waals surface area contributed by atoms with E-state index in [4.69, 9.17) is 10.7 Å². The predicted molar refractivity (Wildman–Crippen MR) is 91.6 cm³/mol. The van der Waals surface area contributed by atoms with Crippen LogP contribution in [-0.4, -0.2) is 50.6 Å². The summed E-state index contributed by atoms with van der Waals surface area (Å²) in [5.74, 6) is 1.74. The lowest BCUT2D eigenvalue weighted by atomic mass is 10.1. The number of H-pyrrole nitrogens is 1. The highest BCUT2D eigenvalue weighted by atomic mass is 15.3. The molecule has 0 spiro atoms. The van der Waals surface area contributed by atoms with Gasteiger partial charge >= 0.3 is 0 Å². The molecule has 24 heavy (non-hydrogen) atoms. The Labute approximate surface area is 138 Å². The van der Waals surface area contributed by atoms with Crippen molar-refractivity contribution in [1.82, 2.24) is 30.7 Å². The lowest BCUT2D eigenvalue weighted by Crippen LogP contribution is -2.44. The van der Waals surface area contributed by atoms with E-state index in [9.17, 15) is 0 Å². The molecule has 8 nitrogen and oxygen atoms in total. The summed E-state index contributed by atoms with van der Waals surface area (Å²) in [5.41, 5.74) is 8.94. The summed E-state index contributed by atoms with van der Waals surface area (Å²) in [4.78, 5) is 6.99. The fourth-order valence-electron chi connectivity index (χ4n) is 3.76. The van der Waals surface area contributed by atoms with Gasteiger partial charge in [0.2, 0.25) is 0 Å². The quantitative estimate of drug-likeness (QED) is 0.642. The molecule has 0 saturated carbocycles. The number of rotatable bonds is 2. The Hall–Kier alpha value is -2.74. The van der Waals surface area contributed by atoms with Crippen LogP contribution in [0, 0.1) is 6.92 Å². The molecule has 2 saturated heterocycles. The Morgan fingerprint density at radius 1 is 1.29 bits per heavy atom. The minimum atomic E-state index is 0.395. The maximum atomic E-state index is 6.06. The molecule has 0 radical (unpaired) electrons. The van der Waals surface area contributed by atoms with Crippen LogP contribution in [0.4, 0.5) is 11.6 Å². The fraction of sp³-hybridized carbons (Fsp3) is 0.375. The maximum absolute atomic E-state index is 6.06. The molecule has 2 aliphatic rings. The molecule has 0 amide bonds. The first kappa shape index (κ1) is 13.7. The fourth-order valence-corrected chi connectivity index (χ4v) is 3.76. The topological polar surface area (TPSA) is 109 Å². The lowest BCUT2D eigenvalue weighted by molar-refractivity contribution is 0.576. The van der Waals surface area contributed by atoms with Gasteiger partial charge in [-0.3, -0.25) is 5.10 Å². The summed E-state index contributed by atoms with van der Waals surface area (Å²) >= 11 is 0. The van der Waals surface area contributed by atoms with E-state index in [1.807, 2.05) is 25.1 Å². The summed E-state index contributed by atoms with van der Waals surface area (Å²) in [6.07, 6.45) is 1.14. The van der Waals surface area contributed by atoms with Crippen LogP contribution in [0.3, 0.4) is 0 Å². The number of nitrogen functional groups attached to an aromatic ring is 1. The molecule has 4 heterocycles. The normalized spacial score (nSPS) is 22.6. The number of hydrogen-bond acceptors (Lipinski definition) is 7. The van der Waals surface area contributed by atoms with Gasteiger partial charge in [0, 0.05) is 36.1 Å². The molecule has 5 rings (SSSR count). The van der Waals surface area contributed by atoms with Crippen molar-refractivity contribution in [2.24, 2.45) is 0 Å². The molecule has 2 atom stereocenters. The highest BCUT2D eigenvalue weighted by molar-refractivity contribution is 5.85. The highest BCUT2D eigenvalue weighted by Crippen LogP contribution is 2.32. The van der Waals surface area contributed by atoms with Crippen molar-refractivity contribution in [2.75, 3.05) is 23.7 Å². The minimum Gasteiger partial charge on any atom is -0.379 e. The van der Waals surface area contributed by atoms with E-state index in [1.54, 1.807) is 0 Å². The third-order valence-electron chi connectivity index (χ3n) is 5.03. The zero-order valence-corrected chi connectivity index (χ0v) is 13.3. The van der Waals surface area contributed by atoms with E-state index in [-0.39, 0.29) is 0 Å². The third-order valence-corrected chi connectivity index (χ3v) is 5.03. The molecule has 2 unspecified atom stereocenters. The summed E-state index contributed by atoms with van der Waals surface area (Å²) < 4.78 is 0. The van der Waals surface area contributed by atoms with Gasteiger partial charge in [0.15, 0.2) is 17.5 Å². The predicted octanol–water partition coefficient (Wildman–Crippen LogP) is 0.856. The van der Waals surface area contributed by atoms with Crippen molar-refractivity contribution < 1.29 is 0 Å². The molecule has 4 N–H and O–H groups in total. The van der Waals surface area contributed by atoms with Crippen molar-refractivity contribution >= 4 is 22.5 Å². The summed E-state index contributed by atoms with van der Waals surface area (Å²) in [6, 6.07) is 6.99. The number of fused-ring (bicyclic) bond motifs is 3. The number of nitrogens with zero attached hydrogens (tertiary/aromatic N) is 5. The van der Waals surface area contributed by atoms with Crippen LogP contribution < -0.4 is 16.0 Å². The van der Waals surface area contributed by atoms with E-state index < -0.39 is 0 Å². The van der Waals surface area contributed by atoms with Crippen LogP contribution in [0.5, 0.6) is 0 Å². The SMILES string of the molecule is Cc1n[nH]c2ccc(-c3nnc(N)c(N4CC5CC4CN5)n3)cc12. The number of hydrogen-bond donors (Lipinski definition) is 3. The smallest absolute Gasteiger partial charge is 0.189 e. The second kappa shape index (κ2) is 4.88. The van der Waals surface area contributed by atoms with Crippen LogP contribution in [0.15, 0.2) is 18.2 Å². The largest absolute Gasteiger partial charge is 0.379 e. The number of aromatic amines is 1. The Balaban J connectivity index is 1.58. The van der Waals surface area contributed by atoms with Crippen molar-refractivity contribution in [3.63, 3.8) is 0 Å². The molecule has 2 aliphatic heterocycles. The molecule has 122 valence electrons. The van der Waals surface area contributed by atoms with Crippen LogP contribution in [0.25, 0.3) is 22.3 Å². The first-order valence-corrected chi connectivity index (χ1v) is 8.14. The lowest BCUT2D eigenvalue weighted by Gasteiger charge is -2.28. The summed E-state index contributed by atoms with van der Waals surface area (Å²) in [7, 11) is 0. The van der Waals surface area contributed by atoms with Crippen molar-refractivity contribution in [2.45, 2.75) is 25.4 Å². The molecule has 2 fully saturated rings. The Bertz CT molecular complexity index is 933. The molecule has 2 bridgehead atoms. The number of nitrogens with two attached hydrogens (primary N) is 1. The Kier molecular flexibility index (Phi) is 2.78. The van der Waals surface area contributed by atoms with Gasteiger partial charge in [0.25, 0.3) is 0 Å². The van der Waals surface area contributed by atoms with Gasteiger partial charge in [0.1, 0.15) is 0 Å². The summed E-state index contributed by atoms with van der Waals surface area (Å²) in [6.45, 7) is 3.88. The molecule has 8 heteroatoms. The van der Waals surface area contributed by atoms with Crippen molar-refractivity contribution in [3.05, 3.63) is 23.9 Å². The molecule has 1 aromatic carbocycles. The van der Waals surface area contributed by atoms with Gasteiger partial charge in [-0.15, -0.1) is 10.2 Å². The summed E-state index contributed by atoms with van der Waals surface area (Å²) in [5, 5.41) is 20.2. The molecule has 0 aliphatic carbocycles. The number of aryl methyl sites for hydroxylation is 1. The zero-order chi connectivity index (χ0) is 16.3. The van der Waals surface area contributed by atoms with Gasteiger partial charge in [0.05, 0.1) is 11.2 Å². The molecular formula is C16H18N8. The first-order chi connectivity index (χ1) is 11.7. The zero-order valence-electron chi connectivity index (χ0n) is 13.3. The first-order valence-electron chi connectivity index (χ1n) is 8.14. The van der Waals surface area contributed by atoms with Crippen LogP contribution in [0.2, 0.25) is 0 Å². The number of nitrogens with one attached hydrogen (secondary N) is 2. The van der Waals surface area contributed by atoms with Gasteiger partial charge in [-0.2, -0.15) is 5.10 Å². The third kappa shape index (κ3) is 1.96. The average molecular weight is 322 g/mol. The van der Waals surface area contributed by atoms with E-state index in [0.717, 1.165) is 47.5 Å². The Morgan fingerprint density at radius 2 is 2.21 bits per heavy atom. The van der Waals surface area contributed by atoms with Crippen LogP contribution in [-0.2, 0) is 0 Å². The van der Waals surface area contributed by atoms with E-state index in [2.05, 4.69) is 30.6 Å². The highest BCUT2D eigenvalue weighted by Gasteiger charge is 2.39. The van der Waals surface area contributed by atoms with Gasteiger partial charge in [-0.25, -0.2) is 4.98 Å². The number of benzene rings is 1.